The quantitative estimate of drug-likeness (QED) is 0.662. The van der Waals surface area contributed by atoms with Crippen LogP contribution < -0.4 is 16.2 Å². The van der Waals surface area contributed by atoms with Gasteiger partial charge in [-0.2, -0.15) is 0 Å². The zero-order valence-corrected chi connectivity index (χ0v) is 14.1. The molecule has 0 aromatic rings. The van der Waals surface area contributed by atoms with Gasteiger partial charge in [0, 0.05) is 12.3 Å². The van der Waals surface area contributed by atoms with Crippen LogP contribution in [-0.4, -0.2) is 24.3 Å². The third-order valence-corrected chi connectivity index (χ3v) is 6.42. The minimum Gasteiger partial charge on any atom is -0.347 e. The number of rotatable bonds is 5. The molecule has 0 radical (unpaired) electrons. The van der Waals surface area contributed by atoms with Gasteiger partial charge in [0.15, 0.2) is 0 Å². The molecule has 5 rings (SSSR count). The summed E-state index contributed by atoms with van der Waals surface area (Å²) in [6, 6.07) is 0. The third-order valence-electron chi connectivity index (χ3n) is 6.42. The Bertz CT molecular complexity index is 520. The van der Waals surface area contributed by atoms with E-state index in [2.05, 4.69) is 16.2 Å². The van der Waals surface area contributed by atoms with E-state index in [1.807, 2.05) is 0 Å². The summed E-state index contributed by atoms with van der Waals surface area (Å²) in [6.07, 6.45) is 10.0. The van der Waals surface area contributed by atoms with Crippen molar-refractivity contribution in [3.8, 4) is 0 Å². The molecule has 3 amide bonds. The predicted molar refractivity (Wildman–Crippen MR) is 87.2 cm³/mol. The lowest BCUT2D eigenvalue weighted by Crippen LogP contribution is -2.49. The Balaban J connectivity index is 1.21. The molecule has 0 unspecified atom stereocenters. The second kappa shape index (κ2) is 6.05. The van der Waals surface area contributed by atoms with Crippen LogP contribution in [0.1, 0.15) is 57.8 Å². The van der Waals surface area contributed by atoms with Crippen molar-refractivity contribution in [2.75, 3.05) is 6.54 Å². The molecule has 132 valence electrons. The summed E-state index contributed by atoms with van der Waals surface area (Å²) in [5.74, 6) is 1.99. The van der Waals surface area contributed by atoms with Crippen molar-refractivity contribution >= 4 is 17.7 Å². The van der Waals surface area contributed by atoms with Crippen molar-refractivity contribution in [1.29, 1.82) is 0 Å². The third kappa shape index (κ3) is 3.42. The average Bonchev–Trinajstić information content (AvgIpc) is 3.33. The molecule has 0 aromatic carbocycles. The highest BCUT2D eigenvalue weighted by Crippen LogP contribution is 2.61. The number of carbonyl (C=O) groups excluding carboxylic acids is 3. The molecule has 3 N–H and O–H groups in total. The Morgan fingerprint density at radius 3 is 1.96 bits per heavy atom. The van der Waals surface area contributed by atoms with Crippen LogP contribution >= 0.6 is 0 Å². The first kappa shape index (κ1) is 15.9. The standard InChI is InChI=1S/C18H27N3O3/c22-15(19-10-16(23)20-21-17(24)14-1-2-14)9-18-6-11-3-12(7-18)5-13(4-11)8-18/h11-14H,1-10H2,(H,19,22)(H,20,23)(H,21,24). The van der Waals surface area contributed by atoms with E-state index in [4.69, 9.17) is 0 Å². The second-order valence-electron chi connectivity index (χ2n) is 8.68. The van der Waals surface area contributed by atoms with E-state index >= 15 is 0 Å². The molecule has 4 bridgehead atoms. The molecular weight excluding hydrogens is 306 g/mol. The van der Waals surface area contributed by atoms with Crippen LogP contribution in [-0.2, 0) is 14.4 Å². The van der Waals surface area contributed by atoms with Crippen molar-refractivity contribution in [2.45, 2.75) is 57.8 Å². The summed E-state index contributed by atoms with van der Waals surface area (Å²) in [4.78, 5) is 35.5. The molecule has 0 saturated heterocycles. The van der Waals surface area contributed by atoms with Crippen molar-refractivity contribution in [2.24, 2.45) is 29.1 Å². The molecular formula is C18H27N3O3. The van der Waals surface area contributed by atoms with E-state index in [0.717, 1.165) is 30.6 Å². The smallest absolute Gasteiger partial charge is 0.257 e. The van der Waals surface area contributed by atoms with E-state index < -0.39 is 0 Å². The first-order valence-corrected chi connectivity index (χ1v) is 9.37. The summed E-state index contributed by atoms with van der Waals surface area (Å²) in [7, 11) is 0. The van der Waals surface area contributed by atoms with Gasteiger partial charge < -0.3 is 5.32 Å². The fraction of sp³-hybridized carbons (Fsp3) is 0.833. The Morgan fingerprint density at radius 2 is 1.42 bits per heavy atom. The van der Waals surface area contributed by atoms with E-state index in [-0.39, 0.29) is 35.6 Å². The van der Waals surface area contributed by atoms with Crippen LogP contribution in [0.5, 0.6) is 0 Å². The molecule has 24 heavy (non-hydrogen) atoms. The molecule has 0 heterocycles. The average molecular weight is 333 g/mol. The van der Waals surface area contributed by atoms with Crippen molar-refractivity contribution in [3.63, 3.8) is 0 Å². The fourth-order valence-corrected chi connectivity index (χ4v) is 5.71. The molecule has 0 spiro atoms. The Kier molecular flexibility index (Phi) is 4.01. The first-order chi connectivity index (χ1) is 11.5. The summed E-state index contributed by atoms with van der Waals surface area (Å²) in [6.45, 7) is -0.0733. The van der Waals surface area contributed by atoms with Gasteiger partial charge in [0.2, 0.25) is 11.8 Å². The van der Waals surface area contributed by atoms with Gasteiger partial charge in [-0.05, 0) is 74.5 Å². The molecule has 5 saturated carbocycles. The molecule has 6 heteroatoms. The molecule has 6 nitrogen and oxygen atoms in total. The number of amides is 3. The van der Waals surface area contributed by atoms with E-state index in [0.29, 0.717) is 6.42 Å². The summed E-state index contributed by atoms with van der Waals surface area (Å²) in [5.41, 5.74) is 4.96. The zero-order chi connectivity index (χ0) is 16.7. The van der Waals surface area contributed by atoms with Crippen LogP contribution in [0.25, 0.3) is 0 Å². The van der Waals surface area contributed by atoms with Gasteiger partial charge in [0.05, 0.1) is 6.54 Å². The number of hydrogen-bond acceptors (Lipinski definition) is 3. The summed E-state index contributed by atoms with van der Waals surface area (Å²) < 4.78 is 0. The zero-order valence-electron chi connectivity index (χ0n) is 14.1. The lowest BCUT2D eigenvalue weighted by atomic mass is 9.49. The SMILES string of the molecule is O=C(CC12CC3CC(CC(C3)C1)C2)NCC(=O)NNC(=O)C1CC1. The Morgan fingerprint density at radius 1 is 0.833 bits per heavy atom. The van der Waals surface area contributed by atoms with Gasteiger partial charge in [0.25, 0.3) is 5.91 Å². The minimum absolute atomic E-state index is 0.0272. The Hall–Kier alpha value is -1.59. The summed E-state index contributed by atoms with van der Waals surface area (Å²) >= 11 is 0. The van der Waals surface area contributed by atoms with Crippen LogP contribution in [0.4, 0.5) is 0 Å². The lowest BCUT2D eigenvalue weighted by molar-refractivity contribution is -0.133. The van der Waals surface area contributed by atoms with Gasteiger partial charge in [-0.15, -0.1) is 0 Å². The van der Waals surface area contributed by atoms with Crippen LogP contribution in [0.2, 0.25) is 0 Å². The highest BCUT2D eigenvalue weighted by Gasteiger charge is 2.51. The monoisotopic (exact) mass is 333 g/mol. The predicted octanol–water partition coefficient (Wildman–Crippen LogP) is 1.27. The summed E-state index contributed by atoms with van der Waals surface area (Å²) in [5, 5.41) is 2.72. The van der Waals surface area contributed by atoms with Crippen LogP contribution in [0, 0.1) is 29.1 Å². The topological polar surface area (TPSA) is 87.3 Å². The molecule has 5 aliphatic carbocycles. The van der Waals surface area contributed by atoms with Gasteiger partial charge in [-0.3, -0.25) is 25.2 Å². The molecule has 0 atom stereocenters. The van der Waals surface area contributed by atoms with Crippen LogP contribution in [0.15, 0.2) is 0 Å². The normalized spacial score (nSPS) is 36.2. The number of hydrogen-bond donors (Lipinski definition) is 3. The maximum absolute atomic E-state index is 12.3. The fourth-order valence-electron chi connectivity index (χ4n) is 5.71. The highest BCUT2D eigenvalue weighted by molar-refractivity contribution is 5.87. The van der Waals surface area contributed by atoms with Crippen molar-refractivity contribution in [3.05, 3.63) is 0 Å². The highest BCUT2D eigenvalue weighted by atomic mass is 16.2. The van der Waals surface area contributed by atoms with Crippen molar-refractivity contribution < 1.29 is 14.4 Å². The second-order valence-corrected chi connectivity index (χ2v) is 8.68. The van der Waals surface area contributed by atoms with Crippen LogP contribution in [0.3, 0.4) is 0 Å². The number of nitrogens with one attached hydrogen (secondary N) is 3. The van der Waals surface area contributed by atoms with E-state index in [1.54, 1.807) is 0 Å². The molecule has 0 aliphatic heterocycles. The molecule has 0 aromatic heterocycles. The van der Waals surface area contributed by atoms with Gasteiger partial charge in [-0.1, -0.05) is 0 Å². The maximum atomic E-state index is 12.3. The number of carbonyl (C=O) groups is 3. The number of hydrazine groups is 1. The molecule has 5 fully saturated rings. The van der Waals surface area contributed by atoms with Gasteiger partial charge in [0.1, 0.15) is 0 Å². The van der Waals surface area contributed by atoms with E-state index in [1.165, 1.54) is 38.5 Å². The minimum atomic E-state index is -0.372. The van der Waals surface area contributed by atoms with Crippen molar-refractivity contribution in [1.82, 2.24) is 16.2 Å². The van der Waals surface area contributed by atoms with Gasteiger partial charge in [-0.25, -0.2) is 0 Å². The first-order valence-electron chi connectivity index (χ1n) is 9.37. The van der Waals surface area contributed by atoms with E-state index in [9.17, 15) is 14.4 Å². The Labute approximate surface area is 142 Å². The molecule has 5 aliphatic rings. The maximum Gasteiger partial charge on any atom is 0.257 e. The largest absolute Gasteiger partial charge is 0.347 e. The van der Waals surface area contributed by atoms with Gasteiger partial charge >= 0.3 is 0 Å². The lowest BCUT2D eigenvalue weighted by Gasteiger charge is -2.56.